The second-order valence-electron chi connectivity index (χ2n) is 5.34. The largest absolute Gasteiger partial charge is 0.315 e. The van der Waals surface area contributed by atoms with Crippen molar-refractivity contribution in [1.29, 1.82) is 0 Å². The zero-order valence-electron chi connectivity index (χ0n) is 10.8. The molecule has 0 saturated carbocycles. The normalized spacial score (nSPS) is 16.7. The van der Waals surface area contributed by atoms with Crippen molar-refractivity contribution < 1.29 is 0 Å². The van der Waals surface area contributed by atoms with Crippen molar-refractivity contribution in [2.24, 2.45) is 5.41 Å². The predicted molar refractivity (Wildman–Crippen MR) is 64.7 cm³/mol. The Labute approximate surface area is 89.9 Å². The molecule has 0 fully saturated rings. The zero-order chi connectivity index (χ0) is 11.2. The second-order valence-corrected chi connectivity index (χ2v) is 5.34. The van der Waals surface area contributed by atoms with Crippen molar-refractivity contribution in [3.05, 3.63) is 0 Å². The molecular formula is C12H28N2. The van der Waals surface area contributed by atoms with Crippen LogP contribution in [0.4, 0.5) is 0 Å². The van der Waals surface area contributed by atoms with E-state index in [-0.39, 0.29) is 0 Å². The Morgan fingerprint density at radius 1 is 1.00 bits per heavy atom. The minimum atomic E-state index is 0.399. The molecule has 0 aliphatic carbocycles. The van der Waals surface area contributed by atoms with Gasteiger partial charge in [-0.2, -0.15) is 0 Å². The van der Waals surface area contributed by atoms with Crippen LogP contribution in [-0.2, 0) is 0 Å². The molecule has 2 atom stereocenters. The van der Waals surface area contributed by atoms with E-state index in [2.05, 4.69) is 52.4 Å². The summed E-state index contributed by atoms with van der Waals surface area (Å²) in [7, 11) is 4.13. The van der Waals surface area contributed by atoms with Crippen molar-refractivity contribution in [2.75, 3.05) is 14.1 Å². The van der Waals surface area contributed by atoms with Gasteiger partial charge in [-0.1, -0.05) is 34.1 Å². The Morgan fingerprint density at radius 2 is 1.50 bits per heavy atom. The van der Waals surface area contributed by atoms with Crippen molar-refractivity contribution in [3.8, 4) is 0 Å². The Hall–Kier alpha value is -0.0800. The molecule has 86 valence electrons. The van der Waals surface area contributed by atoms with E-state index in [1.807, 2.05) is 0 Å². The van der Waals surface area contributed by atoms with E-state index in [1.165, 1.54) is 19.3 Å². The Balaban J connectivity index is 4.21. The Bertz CT molecular complexity index is 138. The van der Waals surface area contributed by atoms with Crippen LogP contribution >= 0.6 is 0 Å². The average molecular weight is 200 g/mol. The van der Waals surface area contributed by atoms with Gasteiger partial charge in [-0.25, -0.2) is 0 Å². The first-order valence-corrected chi connectivity index (χ1v) is 5.79. The quantitative estimate of drug-likeness (QED) is 0.688. The molecule has 0 radical (unpaired) electrons. The van der Waals surface area contributed by atoms with E-state index in [4.69, 9.17) is 0 Å². The minimum absolute atomic E-state index is 0.399. The lowest BCUT2D eigenvalue weighted by molar-refractivity contribution is 0.267. The molecule has 0 aliphatic rings. The van der Waals surface area contributed by atoms with Crippen molar-refractivity contribution in [1.82, 2.24) is 10.6 Å². The molecule has 0 aliphatic heterocycles. The molecule has 2 nitrogen and oxygen atoms in total. The van der Waals surface area contributed by atoms with Gasteiger partial charge in [0, 0.05) is 12.1 Å². The van der Waals surface area contributed by atoms with Crippen LogP contribution in [0, 0.1) is 5.41 Å². The number of nitrogens with one attached hydrogen (secondary N) is 2. The molecule has 2 unspecified atom stereocenters. The summed E-state index contributed by atoms with van der Waals surface area (Å²) < 4.78 is 0. The van der Waals surface area contributed by atoms with Crippen LogP contribution in [0.3, 0.4) is 0 Å². The fourth-order valence-corrected chi connectivity index (χ4v) is 1.96. The predicted octanol–water partition coefficient (Wildman–Crippen LogP) is 2.40. The van der Waals surface area contributed by atoms with Gasteiger partial charge in [-0.3, -0.25) is 0 Å². The summed E-state index contributed by atoms with van der Waals surface area (Å²) in [6.45, 7) is 9.15. The Morgan fingerprint density at radius 3 is 1.79 bits per heavy atom. The first kappa shape index (κ1) is 13.9. The maximum atomic E-state index is 3.43. The molecule has 2 N–H and O–H groups in total. The Kier molecular flexibility index (Phi) is 6.38. The third-order valence-corrected chi connectivity index (χ3v) is 2.66. The highest BCUT2D eigenvalue weighted by molar-refractivity contribution is 4.83. The minimum Gasteiger partial charge on any atom is -0.315 e. The topological polar surface area (TPSA) is 24.1 Å². The van der Waals surface area contributed by atoms with Gasteiger partial charge in [0.2, 0.25) is 0 Å². The van der Waals surface area contributed by atoms with Gasteiger partial charge in [0.25, 0.3) is 0 Å². The number of likely N-dealkylation sites (N-methyl/N-ethyl adjacent to an activating group) is 2. The monoisotopic (exact) mass is 200 g/mol. The molecule has 0 spiro atoms. The maximum Gasteiger partial charge on any atom is 0.0223 e. The summed E-state index contributed by atoms with van der Waals surface area (Å²) in [5.74, 6) is 0. The standard InChI is InChI=1S/C12H28N2/c1-7-8-10(13-5)11(14-6)9-12(2,3)4/h10-11,13-14H,7-9H2,1-6H3. The number of hydrogen-bond acceptors (Lipinski definition) is 2. The molecule has 0 aromatic carbocycles. The molecule has 0 saturated heterocycles. The number of hydrogen-bond donors (Lipinski definition) is 2. The van der Waals surface area contributed by atoms with Gasteiger partial charge in [0.1, 0.15) is 0 Å². The highest BCUT2D eigenvalue weighted by Crippen LogP contribution is 2.23. The SMILES string of the molecule is CCCC(NC)C(CC(C)(C)C)NC. The van der Waals surface area contributed by atoms with Crippen molar-refractivity contribution in [3.63, 3.8) is 0 Å². The van der Waals surface area contributed by atoms with Crippen LogP contribution in [0.25, 0.3) is 0 Å². The van der Waals surface area contributed by atoms with E-state index in [9.17, 15) is 0 Å². The van der Waals surface area contributed by atoms with Gasteiger partial charge < -0.3 is 10.6 Å². The van der Waals surface area contributed by atoms with E-state index in [0.717, 1.165) is 0 Å². The van der Waals surface area contributed by atoms with Crippen LogP contribution in [0.1, 0.15) is 47.0 Å². The summed E-state index contributed by atoms with van der Waals surface area (Å²) in [5.41, 5.74) is 0.399. The van der Waals surface area contributed by atoms with Crippen LogP contribution in [0.5, 0.6) is 0 Å². The number of rotatable bonds is 6. The lowest BCUT2D eigenvalue weighted by Crippen LogP contribution is -2.47. The smallest absolute Gasteiger partial charge is 0.0223 e. The maximum absolute atomic E-state index is 3.43. The van der Waals surface area contributed by atoms with E-state index in [1.54, 1.807) is 0 Å². The van der Waals surface area contributed by atoms with Crippen molar-refractivity contribution in [2.45, 2.75) is 59.0 Å². The molecule has 0 amide bonds. The van der Waals surface area contributed by atoms with E-state index >= 15 is 0 Å². The van der Waals surface area contributed by atoms with Gasteiger partial charge in [0.15, 0.2) is 0 Å². The molecule has 0 rings (SSSR count). The van der Waals surface area contributed by atoms with Crippen LogP contribution in [0.2, 0.25) is 0 Å². The van der Waals surface area contributed by atoms with Crippen LogP contribution < -0.4 is 10.6 Å². The lowest BCUT2D eigenvalue weighted by Gasteiger charge is -2.32. The second kappa shape index (κ2) is 6.41. The third-order valence-electron chi connectivity index (χ3n) is 2.66. The summed E-state index contributed by atoms with van der Waals surface area (Å²) in [6, 6.07) is 1.18. The van der Waals surface area contributed by atoms with Gasteiger partial charge in [-0.15, -0.1) is 0 Å². The molecular weight excluding hydrogens is 172 g/mol. The van der Waals surface area contributed by atoms with Gasteiger partial charge >= 0.3 is 0 Å². The average Bonchev–Trinajstić information content (AvgIpc) is 2.09. The highest BCUT2D eigenvalue weighted by atomic mass is 15.0. The van der Waals surface area contributed by atoms with Crippen molar-refractivity contribution >= 4 is 0 Å². The lowest BCUT2D eigenvalue weighted by atomic mass is 9.84. The molecule has 0 aromatic heterocycles. The van der Waals surface area contributed by atoms with Gasteiger partial charge in [-0.05, 0) is 32.4 Å². The zero-order valence-corrected chi connectivity index (χ0v) is 10.8. The first-order valence-electron chi connectivity index (χ1n) is 5.79. The summed E-state index contributed by atoms with van der Waals surface area (Å²) in [6.07, 6.45) is 3.71. The third kappa shape index (κ3) is 5.61. The summed E-state index contributed by atoms with van der Waals surface area (Å²) in [5, 5.41) is 6.85. The molecule has 14 heavy (non-hydrogen) atoms. The molecule has 0 bridgehead atoms. The summed E-state index contributed by atoms with van der Waals surface area (Å²) in [4.78, 5) is 0. The van der Waals surface area contributed by atoms with Crippen LogP contribution in [0.15, 0.2) is 0 Å². The molecule has 0 heterocycles. The van der Waals surface area contributed by atoms with Gasteiger partial charge in [0.05, 0.1) is 0 Å². The molecule has 2 heteroatoms. The highest BCUT2D eigenvalue weighted by Gasteiger charge is 2.23. The fraction of sp³-hybridized carbons (Fsp3) is 1.00. The van der Waals surface area contributed by atoms with Crippen LogP contribution in [-0.4, -0.2) is 26.2 Å². The summed E-state index contributed by atoms with van der Waals surface area (Å²) >= 11 is 0. The van der Waals surface area contributed by atoms with E-state index < -0.39 is 0 Å². The van der Waals surface area contributed by atoms with E-state index in [0.29, 0.717) is 17.5 Å². The fourth-order valence-electron chi connectivity index (χ4n) is 1.96. The molecule has 0 aromatic rings. The first-order chi connectivity index (χ1) is 6.44.